The van der Waals surface area contributed by atoms with E-state index in [0.717, 1.165) is 12.0 Å². The molecule has 0 heterocycles. The molecule has 2 rings (SSSR count). The molecule has 0 amide bonds. The van der Waals surface area contributed by atoms with Crippen molar-refractivity contribution in [2.24, 2.45) is 0 Å². The summed E-state index contributed by atoms with van der Waals surface area (Å²) >= 11 is 0. The van der Waals surface area contributed by atoms with E-state index in [0.29, 0.717) is 12.2 Å². The Hall–Kier alpha value is -2.09. The van der Waals surface area contributed by atoms with Gasteiger partial charge in [0.15, 0.2) is 0 Å². The van der Waals surface area contributed by atoms with E-state index in [1.54, 1.807) is 0 Å². The van der Waals surface area contributed by atoms with Gasteiger partial charge in [-0.2, -0.15) is 0 Å². The highest BCUT2D eigenvalue weighted by Gasteiger charge is 2.06. The van der Waals surface area contributed by atoms with Crippen molar-refractivity contribution in [2.75, 3.05) is 0 Å². The molecule has 0 saturated heterocycles. The summed E-state index contributed by atoms with van der Waals surface area (Å²) in [4.78, 5) is 12.0. The van der Waals surface area contributed by atoms with Gasteiger partial charge in [0.2, 0.25) is 0 Å². The summed E-state index contributed by atoms with van der Waals surface area (Å²) in [5, 5.41) is 0. The fourth-order valence-corrected chi connectivity index (χ4v) is 3.47. The van der Waals surface area contributed by atoms with Crippen LogP contribution in [0.15, 0.2) is 54.6 Å². The molecular formula is C26H36O2. The first kappa shape index (κ1) is 22.2. The maximum Gasteiger partial charge on any atom is 0.315 e. The molecule has 28 heavy (non-hydrogen) atoms. The van der Waals surface area contributed by atoms with Gasteiger partial charge >= 0.3 is 5.97 Å². The van der Waals surface area contributed by atoms with Crippen LogP contribution in [0.3, 0.4) is 0 Å². The van der Waals surface area contributed by atoms with E-state index in [-0.39, 0.29) is 5.97 Å². The topological polar surface area (TPSA) is 26.3 Å². The maximum atomic E-state index is 12.0. The standard InChI is InChI=1S/C26H36O2/c1-2-3-4-5-6-7-8-9-10-12-15-23-18-20-25(21-19-23)28-26(27)22-24-16-13-11-14-17-24/h11,13-14,16-21H,2-10,12,15,22H2,1H3. The van der Waals surface area contributed by atoms with Crippen LogP contribution in [0, 0.1) is 0 Å². The number of carbonyl (C=O) groups is 1. The molecule has 2 nitrogen and oxygen atoms in total. The zero-order chi connectivity index (χ0) is 19.9. The van der Waals surface area contributed by atoms with Gasteiger partial charge in [-0.15, -0.1) is 0 Å². The van der Waals surface area contributed by atoms with Crippen molar-refractivity contribution in [3.8, 4) is 5.75 Å². The normalized spacial score (nSPS) is 10.8. The number of hydrogen-bond donors (Lipinski definition) is 0. The predicted molar refractivity (Wildman–Crippen MR) is 118 cm³/mol. The molecule has 0 N–H and O–H groups in total. The molecule has 0 radical (unpaired) electrons. The molecule has 0 fully saturated rings. The van der Waals surface area contributed by atoms with Gasteiger partial charge in [-0.1, -0.05) is 107 Å². The van der Waals surface area contributed by atoms with Crippen LogP contribution < -0.4 is 4.74 Å². The molecular weight excluding hydrogens is 344 g/mol. The Morgan fingerprint density at radius 2 is 1.25 bits per heavy atom. The first-order chi connectivity index (χ1) is 13.8. The van der Waals surface area contributed by atoms with E-state index < -0.39 is 0 Å². The molecule has 0 atom stereocenters. The number of hydrogen-bond acceptors (Lipinski definition) is 2. The molecule has 0 aliphatic rings. The van der Waals surface area contributed by atoms with Gasteiger partial charge in [0.25, 0.3) is 0 Å². The number of rotatable bonds is 14. The Morgan fingerprint density at radius 3 is 1.86 bits per heavy atom. The molecule has 0 aliphatic heterocycles. The molecule has 2 heteroatoms. The summed E-state index contributed by atoms with van der Waals surface area (Å²) in [5.74, 6) is 0.418. The molecule has 0 saturated carbocycles. The van der Waals surface area contributed by atoms with Crippen LogP contribution in [0.5, 0.6) is 5.75 Å². The minimum absolute atomic E-state index is 0.214. The third kappa shape index (κ3) is 9.73. The number of aryl methyl sites for hydroxylation is 1. The number of benzene rings is 2. The zero-order valence-electron chi connectivity index (χ0n) is 17.5. The van der Waals surface area contributed by atoms with Gasteiger partial charge < -0.3 is 4.74 Å². The molecule has 152 valence electrons. The smallest absolute Gasteiger partial charge is 0.315 e. The number of carbonyl (C=O) groups excluding carboxylic acids is 1. The Balaban J connectivity index is 1.55. The molecule has 2 aromatic rings. The highest BCUT2D eigenvalue weighted by Crippen LogP contribution is 2.16. The summed E-state index contributed by atoms with van der Waals surface area (Å²) in [7, 11) is 0. The lowest BCUT2D eigenvalue weighted by Gasteiger charge is -2.06. The van der Waals surface area contributed by atoms with E-state index in [1.165, 1.54) is 69.8 Å². The first-order valence-corrected chi connectivity index (χ1v) is 11.1. The second kappa shape index (κ2) is 14.0. The van der Waals surface area contributed by atoms with Crippen molar-refractivity contribution in [3.05, 3.63) is 65.7 Å². The highest BCUT2D eigenvalue weighted by atomic mass is 16.5. The SMILES string of the molecule is CCCCCCCCCCCCc1ccc(OC(=O)Cc2ccccc2)cc1. The van der Waals surface area contributed by atoms with Crippen LogP contribution in [0.1, 0.15) is 82.3 Å². The van der Waals surface area contributed by atoms with Crippen LogP contribution in [0.25, 0.3) is 0 Å². The number of esters is 1. The third-order valence-electron chi connectivity index (χ3n) is 5.17. The lowest BCUT2D eigenvalue weighted by molar-refractivity contribution is -0.133. The minimum Gasteiger partial charge on any atom is -0.426 e. The van der Waals surface area contributed by atoms with Crippen LogP contribution in [0.2, 0.25) is 0 Å². The van der Waals surface area contributed by atoms with Crippen molar-refractivity contribution in [3.63, 3.8) is 0 Å². The average Bonchev–Trinajstić information content (AvgIpc) is 2.71. The zero-order valence-corrected chi connectivity index (χ0v) is 17.5. The van der Waals surface area contributed by atoms with Crippen LogP contribution >= 0.6 is 0 Å². The molecule has 0 aliphatic carbocycles. The Kier molecular flexibility index (Phi) is 11.1. The summed E-state index contributed by atoms with van der Waals surface area (Å²) in [6.45, 7) is 2.27. The van der Waals surface area contributed by atoms with Crippen molar-refractivity contribution in [2.45, 2.75) is 84.0 Å². The van der Waals surface area contributed by atoms with Gasteiger partial charge in [0, 0.05) is 0 Å². The average molecular weight is 381 g/mol. The van der Waals surface area contributed by atoms with Crippen molar-refractivity contribution >= 4 is 5.97 Å². The van der Waals surface area contributed by atoms with Crippen LogP contribution in [0.4, 0.5) is 0 Å². The van der Waals surface area contributed by atoms with E-state index in [2.05, 4.69) is 19.1 Å². The fraction of sp³-hybridized carbons (Fsp3) is 0.500. The van der Waals surface area contributed by atoms with Crippen LogP contribution in [-0.4, -0.2) is 5.97 Å². The Bertz CT molecular complexity index is 646. The van der Waals surface area contributed by atoms with Gasteiger partial charge in [0.1, 0.15) is 5.75 Å². The lowest BCUT2D eigenvalue weighted by Crippen LogP contribution is -2.11. The molecule has 2 aromatic carbocycles. The van der Waals surface area contributed by atoms with E-state index in [9.17, 15) is 4.79 Å². The number of unbranched alkanes of at least 4 members (excludes halogenated alkanes) is 9. The second-order valence-corrected chi connectivity index (χ2v) is 7.71. The summed E-state index contributed by atoms with van der Waals surface area (Å²) in [6.07, 6.45) is 15.0. The third-order valence-corrected chi connectivity index (χ3v) is 5.17. The molecule has 0 aromatic heterocycles. The largest absolute Gasteiger partial charge is 0.426 e. The minimum atomic E-state index is -0.214. The lowest BCUT2D eigenvalue weighted by atomic mass is 10.0. The molecule has 0 unspecified atom stereocenters. The monoisotopic (exact) mass is 380 g/mol. The molecule has 0 bridgehead atoms. The quantitative estimate of drug-likeness (QED) is 0.195. The van der Waals surface area contributed by atoms with E-state index in [1.807, 2.05) is 42.5 Å². The first-order valence-electron chi connectivity index (χ1n) is 11.1. The van der Waals surface area contributed by atoms with Gasteiger partial charge in [-0.05, 0) is 36.1 Å². The van der Waals surface area contributed by atoms with Gasteiger partial charge in [0.05, 0.1) is 6.42 Å². The van der Waals surface area contributed by atoms with Crippen molar-refractivity contribution in [1.29, 1.82) is 0 Å². The Labute approximate surface area is 171 Å². The predicted octanol–water partition coefficient (Wildman–Crippen LogP) is 7.30. The van der Waals surface area contributed by atoms with E-state index >= 15 is 0 Å². The van der Waals surface area contributed by atoms with Gasteiger partial charge in [-0.25, -0.2) is 0 Å². The van der Waals surface area contributed by atoms with Crippen molar-refractivity contribution < 1.29 is 9.53 Å². The summed E-state index contributed by atoms with van der Waals surface area (Å²) in [5.41, 5.74) is 2.30. The summed E-state index contributed by atoms with van der Waals surface area (Å²) in [6, 6.07) is 17.7. The highest BCUT2D eigenvalue weighted by molar-refractivity contribution is 5.75. The molecule has 0 spiro atoms. The van der Waals surface area contributed by atoms with Crippen molar-refractivity contribution in [1.82, 2.24) is 0 Å². The van der Waals surface area contributed by atoms with Gasteiger partial charge in [-0.3, -0.25) is 4.79 Å². The van der Waals surface area contributed by atoms with Crippen LogP contribution in [-0.2, 0) is 17.6 Å². The maximum absolute atomic E-state index is 12.0. The second-order valence-electron chi connectivity index (χ2n) is 7.71. The summed E-state index contributed by atoms with van der Waals surface area (Å²) < 4.78 is 5.44. The number of ether oxygens (including phenoxy) is 1. The van der Waals surface area contributed by atoms with E-state index in [4.69, 9.17) is 4.74 Å². The fourth-order valence-electron chi connectivity index (χ4n) is 3.47. The Morgan fingerprint density at radius 1 is 0.679 bits per heavy atom.